The molecule has 2 rings (SSSR count). The molecular weight excluding hydrogens is 309 g/mol. The molecule has 5 heteroatoms. The summed E-state index contributed by atoms with van der Waals surface area (Å²) in [6.45, 7) is 7.71. The number of halogens is 2. The van der Waals surface area contributed by atoms with Gasteiger partial charge in [0.25, 0.3) is 5.91 Å². The Morgan fingerprint density at radius 1 is 1.29 bits per heavy atom. The molecule has 1 aliphatic rings. The average molecular weight is 330 g/mol. The smallest absolute Gasteiger partial charge is 0.263 e. The number of likely N-dealkylation sites (tertiary alicyclic amines) is 1. The van der Waals surface area contributed by atoms with E-state index in [2.05, 4.69) is 13.8 Å². The van der Waals surface area contributed by atoms with Crippen molar-refractivity contribution in [1.29, 1.82) is 0 Å². The zero-order valence-corrected chi connectivity index (χ0v) is 14.1. The van der Waals surface area contributed by atoms with Crippen LogP contribution in [0.2, 0.25) is 10.0 Å². The third kappa shape index (κ3) is 4.27. The highest BCUT2D eigenvalue weighted by Crippen LogP contribution is 2.29. The zero-order valence-electron chi connectivity index (χ0n) is 12.6. The van der Waals surface area contributed by atoms with Crippen molar-refractivity contribution in [1.82, 2.24) is 4.90 Å². The first kappa shape index (κ1) is 16.4. The van der Waals surface area contributed by atoms with Crippen LogP contribution in [-0.4, -0.2) is 30.0 Å². The van der Waals surface area contributed by atoms with Gasteiger partial charge in [-0.1, -0.05) is 37.0 Å². The number of nitrogens with zero attached hydrogens (tertiary/aromatic N) is 1. The van der Waals surface area contributed by atoms with Crippen LogP contribution in [0.4, 0.5) is 0 Å². The standard InChI is InChI=1S/C16H21Cl2NO2/c1-10-6-11(2)9-19(8-10)16(20)12(3)21-15-5-4-13(17)7-14(15)18/h4-5,7,10-12H,6,8-9H2,1-3H3/t10-,11-,12+/m0/s1. The number of piperidine rings is 1. The van der Waals surface area contributed by atoms with E-state index in [4.69, 9.17) is 27.9 Å². The molecule has 1 aliphatic heterocycles. The van der Waals surface area contributed by atoms with Crippen molar-refractivity contribution in [3.8, 4) is 5.75 Å². The maximum absolute atomic E-state index is 12.5. The van der Waals surface area contributed by atoms with Gasteiger partial charge in [0, 0.05) is 18.1 Å². The van der Waals surface area contributed by atoms with Gasteiger partial charge in [-0.2, -0.15) is 0 Å². The van der Waals surface area contributed by atoms with E-state index < -0.39 is 6.10 Å². The fourth-order valence-corrected chi connectivity index (χ4v) is 3.36. The molecule has 1 aromatic carbocycles. The fourth-order valence-electron chi connectivity index (χ4n) is 2.91. The first-order valence-corrected chi connectivity index (χ1v) is 8.03. The molecule has 0 unspecified atom stereocenters. The minimum Gasteiger partial charge on any atom is -0.479 e. The summed E-state index contributed by atoms with van der Waals surface area (Å²) in [5.74, 6) is 1.56. The summed E-state index contributed by atoms with van der Waals surface area (Å²) in [4.78, 5) is 14.4. The van der Waals surface area contributed by atoms with E-state index in [1.165, 1.54) is 6.42 Å². The van der Waals surface area contributed by atoms with Crippen LogP contribution in [-0.2, 0) is 4.79 Å². The van der Waals surface area contributed by atoms with Crippen molar-refractivity contribution in [2.24, 2.45) is 11.8 Å². The number of amides is 1. The second kappa shape index (κ2) is 6.89. The van der Waals surface area contributed by atoms with E-state index in [1.807, 2.05) is 4.90 Å². The molecule has 0 spiro atoms. The monoisotopic (exact) mass is 329 g/mol. The number of rotatable bonds is 3. The minimum absolute atomic E-state index is 0.0133. The van der Waals surface area contributed by atoms with Gasteiger partial charge < -0.3 is 9.64 Å². The van der Waals surface area contributed by atoms with Crippen molar-refractivity contribution in [2.75, 3.05) is 13.1 Å². The third-order valence-electron chi connectivity index (χ3n) is 3.73. The summed E-state index contributed by atoms with van der Waals surface area (Å²) in [5, 5.41) is 0.965. The second-order valence-corrected chi connectivity index (χ2v) is 6.87. The van der Waals surface area contributed by atoms with Crippen molar-refractivity contribution in [3.63, 3.8) is 0 Å². The molecule has 1 saturated heterocycles. The van der Waals surface area contributed by atoms with Crippen LogP contribution in [0.15, 0.2) is 18.2 Å². The fraction of sp³-hybridized carbons (Fsp3) is 0.562. The molecule has 116 valence electrons. The van der Waals surface area contributed by atoms with E-state index in [1.54, 1.807) is 25.1 Å². The highest BCUT2D eigenvalue weighted by molar-refractivity contribution is 6.35. The number of carbonyl (C=O) groups excluding carboxylic acids is 1. The van der Waals surface area contributed by atoms with Gasteiger partial charge >= 0.3 is 0 Å². The van der Waals surface area contributed by atoms with Crippen molar-refractivity contribution < 1.29 is 9.53 Å². The van der Waals surface area contributed by atoms with Crippen LogP contribution in [0.3, 0.4) is 0 Å². The van der Waals surface area contributed by atoms with Crippen LogP contribution < -0.4 is 4.74 Å². The predicted molar refractivity (Wildman–Crippen MR) is 86.1 cm³/mol. The number of hydrogen-bond donors (Lipinski definition) is 0. The van der Waals surface area contributed by atoms with Gasteiger partial charge in [0.1, 0.15) is 5.75 Å². The summed E-state index contributed by atoms with van der Waals surface area (Å²) in [7, 11) is 0. The molecular formula is C16H21Cl2NO2. The van der Waals surface area contributed by atoms with Crippen LogP contribution in [0.25, 0.3) is 0 Å². The molecule has 0 aliphatic carbocycles. The predicted octanol–water partition coefficient (Wildman–Crippen LogP) is 4.27. The molecule has 0 N–H and O–H groups in total. The Kier molecular flexibility index (Phi) is 5.39. The maximum atomic E-state index is 12.5. The largest absolute Gasteiger partial charge is 0.479 e. The van der Waals surface area contributed by atoms with Gasteiger partial charge in [-0.25, -0.2) is 0 Å². The SMILES string of the molecule is C[C@H]1C[C@H](C)CN(C(=O)[C@@H](C)Oc2ccc(Cl)cc2Cl)C1. The third-order valence-corrected chi connectivity index (χ3v) is 4.26. The molecule has 0 radical (unpaired) electrons. The number of hydrogen-bond acceptors (Lipinski definition) is 2. The van der Waals surface area contributed by atoms with Gasteiger partial charge in [-0.3, -0.25) is 4.79 Å². The lowest BCUT2D eigenvalue weighted by molar-refractivity contribution is -0.140. The van der Waals surface area contributed by atoms with E-state index in [-0.39, 0.29) is 5.91 Å². The van der Waals surface area contributed by atoms with Crippen molar-refractivity contribution >= 4 is 29.1 Å². The molecule has 21 heavy (non-hydrogen) atoms. The Hall–Kier alpha value is -0.930. The number of carbonyl (C=O) groups is 1. The van der Waals surface area contributed by atoms with E-state index in [0.29, 0.717) is 27.6 Å². The van der Waals surface area contributed by atoms with Gasteiger partial charge in [-0.15, -0.1) is 0 Å². The Morgan fingerprint density at radius 2 is 1.90 bits per heavy atom. The quantitative estimate of drug-likeness (QED) is 0.828. The lowest BCUT2D eigenvalue weighted by Gasteiger charge is -2.36. The number of benzene rings is 1. The molecule has 3 nitrogen and oxygen atoms in total. The second-order valence-electron chi connectivity index (χ2n) is 6.02. The van der Waals surface area contributed by atoms with E-state index in [0.717, 1.165) is 13.1 Å². The molecule has 0 saturated carbocycles. The number of ether oxygens (including phenoxy) is 1. The summed E-state index contributed by atoms with van der Waals surface area (Å²) in [5.41, 5.74) is 0. The van der Waals surface area contributed by atoms with Crippen molar-refractivity contribution in [3.05, 3.63) is 28.2 Å². The topological polar surface area (TPSA) is 29.5 Å². The maximum Gasteiger partial charge on any atom is 0.263 e. The van der Waals surface area contributed by atoms with Crippen molar-refractivity contribution in [2.45, 2.75) is 33.3 Å². The molecule has 0 bridgehead atoms. The van der Waals surface area contributed by atoms with E-state index >= 15 is 0 Å². The summed E-state index contributed by atoms with van der Waals surface area (Å²) < 4.78 is 5.70. The summed E-state index contributed by atoms with van der Waals surface area (Å²) in [6.07, 6.45) is 0.614. The van der Waals surface area contributed by atoms with Crippen LogP contribution in [0.1, 0.15) is 27.2 Å². The first-order valence-electron chi connectivity index (χ1n) is 7.27. The van der Waals surface area contributed by atoms with Gasteiger partial charge in [0.05, 0.1) is 5.02 Å². The Morgan fingerprint density at radius 3 is 2.48 bits per heavy atom. The molecule has 1 amide bonds. The lowest BCUT2D eigenvalue weighted by Crippen LogP contribution is -2.47. The molecule has 1 aromatic rings. The Bertz CT molecular complexity index is 511. The summed E-state index contributed by atoms with van der Waals surface area (Å²) >= 11 is 11.9. The highest BCUT2D eigenvalue weighted by Gasteiger charge is 2.29. The van der Waals surface area contributed by atoms with Gasteiger partial charge in [0.15, 0.2) is 6.10 Å². The first-order chi connectivity index (χ1) is 9.86. The van der Waals surface area contributed by atoms with Gasteiger partial charge in [-0.05, 0) is 43.4 Å². The Balaban J connectivity index is 2.02. The van der Waals surface area contributed by atoms with Crippen LogP contribution in [0, 0.1) is 11.8 Å². The lowest BCUT2D eigenvalue weighted by atomic mass is 9.91. The highest BCUT2D eigenvalue weighted by atomic mass is 35.5. The zero-order chi connectivity index (χ0) is 15.6. The molecule has 3 atom stereocenters. The van der Waals surface area contributed by atoms with Gasteiger partial charge in [0.2, 0.25) is 0 Å². The minimum atomic E-state index is -0.554. The average Bonchev–Trinajstić information content (AvgIpc) is 2.40. The van der Waals surface area contributed by atoms with Crippen LogP contribution in [0.5, 0.6) is 5.75 Å². The molecule has 1 heterocycles. The van der Waals surface area contributed by atoms with Crippen LogP contribution >= 0.6 is 23.2 Å². The summed E-state index contributed by atoms with van der Waals surface area (Å²) in [6, 6.07) is 5.00. The molecule has 1 fully saturated rings. The Labute approximate surface area is 136 Å². The molecule has 0 aromatic heterocycles. The van der Waals surface area contributed by atoms with E-state index in [9.17, 15) is 4.79 Å². The normalized spacial score (nSPS) is 23.8.